The molecule has 0 amide bonds. The lowest BCUT2D eigenvalue weighted by Crippen LogP contribution is -2.40. The van der Waals surface area contributed by atoms with Gasteiger partial charge in [0.1, 0.15) is 0 Å². The van der Waals surface area contributed by atoms with Crippen LogP contribution in [0, 0.1) is 17.2 Å². The van der Waals surface area contributed by atoms with Gasteiger partial charge in [-0.15, -0.1) is 0 Å². The van der Waals surface area contributed by atoms with E-state index in [0.717, 1.165) is 18.0 Å². The number of ether oxygens (including phenoxy) is 1. The van der Waals surface area contributed by atoms with Crippen molar-refractivity contribution in [3.8, 4) is 6.07 Å². The van der Waals surface area contributed by atoms with E-state index in [9.17, 15) is 5.11 Å². The molecule has 1 aliphatic carbocycles. The Morgan fingerprint density at radius 2 is 2.05 bits per heavy atom. The summed E-state index contributed by atoms with van der Waals surface area (Å²) < 4.78 is 5.18. The number of nitriles is 1. The molecule has 114 valence electrons. The minimum absolute atomic E-state index is 0.480. The topological polar surface area (TPSA) is 56.5 Å². The van der Waals surface area contributed by atoms with E-state index in [1.54, 1.807) is 19.2 Å². The van der Waals surface area contributed by atoms with Crippen LogP contribution in [0.15, 0.2) is 24.3 Å². The minimum Gasteiger partial charge on any atom is -0.387 e. The fourth-order valence-corrected chi connectivity index (χ4v) is 2.65. The Morgan fingerprint density at radius 3 is 2.57 bits per heavy atom. The molecule has 21 heavy (non-hydrogen) atoms. The maximum Gasteiger partial charge on any atom is 0.0991 e. The largest absolute Gasteiger partial charge is 0.387 e. The molecule has 0 radical (unpaired) electrons. The second-order valence-corrected chi connectivity index (χ2v) is 5.82. The SMILES string of the molecule is COCCN(CC(O)c1ccc(C#N)cc1)C(C)C1CC1. The van der Waals surface area contributed by atoms with Gasteiger partial charge in [0.05, 0.1) is 24.3 Å². The first-order chi connectivity index (χ1) is 10.2. The molecular formula is C17H24N2O2. The highest BCUT2D eigenvalue weighted by atomic mass is 16.5. The third kappa shape index (κ3) is 4.53. The van der Waals surface area contributed by atoms with E-state index < -0.39 is 6.10 Å². The van der Waals surface area contributed by atoms with E-state index in [0.29, 0.717) is 24.8 Å². The summed E-state index contributed by atoms with van der Waals surface area (Å²) in [6, 6.07) is 9.74. The molecule has 2 unspecified atom stereocenters. The van der Waals surface area contributed by atoms with Gasteiger partial charge in [0.25, 0.3) is 0 Å². The molecule has 0 aromatic heterocycles. The number of aliphatic hydroxyl groups excluding tert-OH is 1. The van der Waals surface area contributed by atoms with E-state index in [4.69, 9.17) is 10.00 Å². The van der Waals surface area contributed by atoms with Gasteiger partial charge in [-0.2, -0.15) is 5.26 Å². The van der Waals surface area contributed by atoms with Crippen molar-refractivity contribution in [1.82, 2.24) is 4.90 Å². The lowest BCUT2D eigenvalue weighted by molar-refractivity contribution is 0.0620. The zero-order valence-corrected chi connectivity index (χ0v) is 12.8. The molecule has 1 aromatic rings. The summed E-state index contributed by atoms with van der Waals surface area (Å²) in [5, 5.41) is 19.3. The lowest BCUT2D eigenvalue weighted by Gasteiger charge is -2.31. The van der Waals surface area contributed by atoms with Crippen molar-refractivity contribution >= 4 is 0 Å². The van der Waals surface area contributed by atoms with Gasteiger partial charge in [0.15, 0.2) is 0 Å². The highest BCUT2D eigenvalue weighted by Gasteiger charge is 2.32. The van der Waals surface area contributed by atoms with Crippen LogP contribution in [0.5, 0.6) is 0 Å². The van der Waals surface area contributed by atoms with Crippen LogP contribution in [-0.4, -0.2) is 42.9 Å². The molecule has 0 aliphatic heterocycles. The van der Waals surface area contributed by atoms with Crippen LogP contribution in [-0.2, 0) is 4.74 Å². The van der Waals surface area contributed by atoms with Crippen molar-refractivity contribution in [3.05, 3.63) is 35.4 Å². The summed E-state index contributed by atoms with van der Waals surface area (Å²) >= 11 is 0. The normalized spacial score (nSPS) is 17.5. The van der Waals surface area contributed by atoms with Gasteiger partial charge in [-0.25, -0.2) is 0 Å². The average molecular weight is 288 g/mol. The number of nitrogens with zero attached hydrogens (tertiary/aromatic N) is 2. The first-order valence-corrected chi connectivity index (χ1v) is 7.56. The first kappa shape index (κ1) is 16.0. The van der Waals surface area contributed by atoms with Crippen molar-refractivity contribution in [2.24, 2.45) is 5.92 Å². The molecule has 1 N–H and O–H groups in total. The van der Waals surface area contributed by atoms with Crippen molar-refractivity contribution in [1.29, 1.82) is 5.26 Å². The predicted molar refractivity (Wildman–Crippen MR) is 81.8 cm³/mol. The monoisotopic (exact) mass is 288 g/mol. The Kier molecular flexibility index (Phi) is 5.75. The van der Waals surface area contributed by atoms with Crippen molar-refractivity contribution in [2.75, 3.05) is 26.8 Å². The summed E-state index contributed by atoms with van der Waals surface area (Å²) in [5.41, 5.74) is 1.48. The number of benzene rings is 1. The summed E-state index contributed by atoms with van der Waals surface area (Å²) in [6.07, 6.45) is 2.05. The predicted octanol–water partition coefficient (Wildman–Crippen LogP) is 2.34. The van der Waals surface area contributed by atoms with Gasteiger partial charge >= 0.3 is 0 Å². The van der Waals surface area contributed by atoms with Gasteiger partial charge < -0.3 is 9.84 Å². The molecular weight excluding hydrogens is 264 g/mol. The Hall–Kier alpha value is -1.41. The van der Waals surface area contributed by atoms with E-state index in [-0.39, 0.29) is 0 Å². The Balaban J connectivity index is 1.98. The van der Waals surface area contributed by atoms with Gasteiger partial charge in [-0.3, -0.25) is 4.90 Å². The number of hydrogen-bond acceptors (Lipinski definition) is 4. The maximum atomic E-state index is 10.4. The number of aliphatic hydroxyl groups is 1. The van der Waals surface area contributed by atoms with Crippen molar-refractivity contribution in [2.45, 2.75) is 31.9 Å². The second-order valence-electron chi connectivity index (χ2n) is 5.82. The second kappa shape index (κ2) is 7.56. The molecule has 0 saturated heterocycles. The van der Waals surface area contributed by atoms with Gasteiger partial charge in [0, 0.05) is 26.2 Å². The quantitative estimate of drug-likeness (QED) is 0.797. The molecule has 1 aromatic carbocycles. The summed E-state index contributed by atoms with van der Waals surface area (Å²) in [4.78, 5) is 2.31. The van der Waals surface area contributed by atoms with Gasteiger partial charge in [0.2, 0.25) is 0 Å². The fourth-order valence-electron chi connectivity index (χ4n) is 2.65. The number of methoxy groups -OCH3 is 1. The Morgan fingerprint density at radius 1 is 1.38 bits per heavy atom. The van der Waals surface area contributed by atoms with Crippen LogP contribution in [0.1, 0.15) is 37.0 Å². The molecule has 1 saturated carbocycles. The van der Waals surface area contributed by atoms with Crippen LogP contribution in [0.4, 0.5) is 0 Å². The van der Waals surface area contributed by atoms with Crippen molar-refractivity contribution < 1.29 is 9.84 Å². The highest BCUT2D eigenvalue weighted by Crippen LogP contribution is 2.35. The van der Waals surface area contributed by atoms with E-state index in [2.05, 4.69) is 17.9 Å². The molecule has 4 nitrogen and oxygen atoms in total. The van der Waals surface area contributed by atoms with E-state index in [1.165, 1.54) is 12.8 Å². The highest BCUT2D eigenvalue weighted by molar-refractivity contribution is 5.32. The smallest absolute Gasteiger partial charge is 0.0991 e. The van der Waals surface area contributed by atoms with E-state index >= 15 is 0 Å². The molecule has 2 rings (SSSR count). The Bertz CT molecular complexity index is 477. The average Bonchev–Trinajstić information content (AvgIpc) is 3.35. The summed E-state index contributed by atoms with van der Waals surface area (Å²) in [5.74, 6) is 0.759. The molecule has 0 bridgehead atoms. The first-order valence-electron chi connectivity index (χ1n) is 7.56. The summed E-state index contributed by atoms with van der Waals surface area (Å²) in [6.45, 7) is 4.35. The fraction of sp³-hybridized carbons (Fsp3) is 0.588. The molecule has 1 aliphatic rings. The molecule has 0 heterocycles. The third-order valence-corrected chi connectivity index (χ3v) is 4.29. The van der Waals surface area contributed by atoms with Crippen LogP contribution in [0.25, 0.3) is 0 Å². The number of hydrogen-bond donors (Lipinski definition) is 1. The van der Waals surface area contributed by atoms with Crippen LogP contribution >= 0.6 is 0 Å². The zero-order chi connectivity index (χ0) is 15.2. The zero-order valence-electron chi connectivity index (χ0n) is 12.8. The molecule has 4 heteroatoms. The van der Waals surface area contributed by atoms with Crippen LogP contribution < -0.4 is 0 Å². The van der Waals surface area contributed by atoms with Crippen LogP contribution in [0.3, 0.4) is 0 Å². The van der Waals surface area contributed by atoms with Gasteiger partial charge in [-0.1, -0.05) is 12.1 Å². The molecule has 2 atom stereocenters. The maximum absolute atomic E-state index is 10.4. The van der Waals surface area contributed by atoms with E-state index in [1.807, 2.05) is 12.1 Å². The summed E-state index contributed by atoms with van der Waals surface area (Å²) in [7, 11) is 1.71. The molecule has 1 fully saturated rings. The van der Waals surface area contributed by atoms with Crippen molar-refractivity contribution in [3.63, 3.8) is 0 Å². The minimum atomic E-state index is -0.532. The van der Waals surface area contributed by atoms with Gasteiger partial charge in [-0.05, 0) is 43.4 Å². The molecule has 0 spiro atoms. The lowest BCUT2D eigenvalue weighted by atomic mass is 10.1. The van der Waals surface area contributed by atoms with Crippen LogP contribution in [0.2, 0.25) is 0 Å². The Labute approximate surface area is 127 Å². The number of rotatable bonds is 8. The standard InChI is InChI=1S/C17H24N2O2/c1-13(15-7-8-15)19(9-10-21-2)12-17(20)16-5-3-14(11-18)4-6-16/h3-6,13,15,17,20H,7-10,12H2,1-2H3. The third-order valence-electron chi connectivity index (χ3n) is 4.29.